The van der Waals surface area contributed by atoms with Crippen molar-refractivity contribution in [1.29, 1.82) is 0 Å². The van der Waals surface area contributed by atoms with Gasteiger partial charge in [-0.15, -0.1) is 0 Å². The molecule has 5 heteroatoms. The highest BCUT2D eigenvalue weighted by Crippen LogP contribution is 2.08. The molecule has 1 rings (SSSR count). The molecule has 0 aliphatic carbocycles. The van der Waals surface area contributed by atoms with E-state index < -0.39 is 0 Å². The van der Waals surface area contributed by atoms with E-state index in [9.17, 15) is 4.79 Å². The Morgan fingerprint density at radius 1 is 1.59 bits per heavy atom. The molecule has 0 aliphatic heterocycles. The van der Waals surface area contributed by atoms with Crippen LogP contribution in [-0.4, -0.2) is 29.6 Å². The van der Waals surface area contributed by atoms with Crippen molar-refractivity contribution in [3.8, 4) is 0 Å². The van der Waals surface area contributed by atoms with Gasteiger partial charge in [0.1, 0.15) is 0 Å². The molecule has 5 nitrogen and oxygen atoms in total. The fourth-order valence-electron chi connectivity index (χ4n) is 1.66. The number of methoxy groups -OCH3 is 1. The van der Waals surface area contributed by atoms with Crippen LogP contribution in [0.15, 0.2) is 16.0 Å². The highest BCUT2D eigenvalue weighted by molar-refractivity contribution is 5.98. The molecule has 17 heavy (non-hydrogen) atoms. The maximum Gasteiger partial charge on any atom is 0.257 e. The fraction of sp³-hybridized carbons (Fsp3) is 0.500. The molecular formula is C12H18N2O3. The lowest BCUT2D eigenvalue weighted by Gasteiger charge is -2.07. The summed E-state index contributed by atoms with van der Waals surface area (Å²) in [5, 5.41) is 11.8. The maximum atomic E-state index is 11.7. The number of hydrogen-bond acceptors (Lipinski definition) is 4. The third-order valence-corrected chi connectivity index (χ3v) is 2.68. The molecule has 0 spiro atoms. The van der Waals surface area contributed by atoms with Crippen molar-refractivity contribution in [2.45, 2.75) is 26.7 Å². The van der Waals surface area contributed by atoms with Gasteiger partial charge in [-0.3, -0.25) is 4.79 Å². The fourth-order valence-corrected chi connectivity index (χ4v) is 1.66. The summed E-state index contributed by atoms with van der Waals surface area (Å²) in [6.07, 6.45) is 1.71. The zero-order chi connectivity index (χ0) is 12.8. The summed E-state index contributed by atoms with van der Waals surface area (Å²) in [6, 6.07) is 1.78. The van der Waals surface area contributed by atoms with Gasteiger partial charge in [-0.1, -0.05) is 5.16 Å². The molecule has 1 aromatic heterocycles. The number of oxime groups is 1. The second-order valence-electron chi connectivity index (χ2n) is 3.94. The minimum absolute atomic E-state index is 0.228. The molecule has 1 heterocycles. The zero-order valence-corrected chi connectivity index (χ0v) is 10.4. The highest BCUT2D eigenvalue weighted by Gasteiger charge is 2.08. The molecule has 0 atom stereocenters. The number of rotatable bonds is 5. The predicted octanol–water partition coefficient (Wildman–Crippen LogP) is 1.46. The number of ether oxygens (including phenoxy) is 1. The minimum atomic E-state index is -0.228. The van der Waals surface area contributed by atoms with Crippen LogP contribution in [0, 0.1) is 6.92 Å². The Balaban J connectivity index is 3.02. The van der Waals surface area contributed by atoms with E-state index in [1.807, 2.05) is 6.92 Å². The Labute approximate surface area is 100 Å². The third kappa shape index (κ3) is 3.42. The lowest BCUT2D eigenvalue weighted by molar-refractivity contribution is 0.195. The van der Waals surface area contributed by atoms with Crippen molar-refractivity contribution in [1.82, 2.24) is 4.98 Å². The summed E-state index contributed by atoms with van der Waals surface area (Å²) in [5.74, 6) is 0. The summed E-state index contributed by atoms with van der Waals surface area (Å²) in [5.41, 5.74) is 2.39. The standard InChI is InChI=1S/C12H18N2O3/c1-8-10(5-4-6-17-3)7-11(9(2)14-16)12(15)13-8/h7,16H,4-6H2,1-3H3,(H,13,15)/b14-9+. The molecule has 2 N–H and O–H groups in total. The van der Waals surface area contributed by atoms with E-state index in [0.717, 1.165) is 24.1 Å². The zero-order valence-electron chi connectivity index (χ0n) is 10.4. The van der Waals surface area contributed by atoms with E-state index >= 15 is 0 Å². The van der Waals surface area contributed by atoms with E-state index in [0.29, 0.717) is 17.9 Å². The molecule has 0 aliphatic rings. The Hall–Kier alpha value is -1.62. The average Bonchev–Trinajstić information content (AvgIpc) is 2.31. The SMILES string of the molecule is COCCCc1cc(/C(C)=N/O)c(=O)[nH]c1C. The molecule has 0 unspecified atom stereocenters. The Kier molecular flexibility index (Phi) is 4.90. The lowest BCUT2D eigenvalue weighted by Crippen LogP contribution is -2.19. The van der Waals surface area contributed by atoms with Gasteiger partial charge in [0, 0.05) is 19.4 Å². The topological polar surface area (TPSA) is 74.7 Å². The smallest absolute Gasteiger partial charge is 0.257 e. The van der Waals surface area contributed by atoms with Crippen LogP contribution < -0.4 is 5.56 Å². The van der Waals surface area contributed by atoms with Crippen molar-refractivity contribution in [3.63, 3.8) is 0 Å². The first-order valence-electron chi connectivity index (χ1n) is 5.51. The van der Waals surface area contributed by atoms with Crippen LogP contribution in [0.1, 0.15) is 30.2 Å². The van der Waals surface area contributed by atoms with Crippen LogP contribution in [0.3, 0.4) is 0 Å². The first-order valence-corrected chi connectivity index (χ1v) is 5.51. The van der Waals surface area contributed by atoms with Crippen LogP contribution in [0.4, 0.5) is 0 Å². The van der Waals surface area contributed by atoms with Crippen molar-refractivity contribution >= 4 is 5.71 Å². The molecule has 0 fully saturated rings. The quantitative estimate of drug-likeness (QED) is 0.353. The van der Waals surface area contributed by atoms with Crippen LogP contribution in [0.2, 0.25) is 0 Å². The van der Waals surface area contributed by atoms with Crippen LogP contribution in [0.25, 0.3) is 0 Å². The van der Waals surface area contributed by atoms with E-state index in [1.165, 1.54) is 0 Å². The molecule has 0 amide bonds. The lowest BCUT2D eigenvalue weighted by atomic mass is 10.0. The number of aromatic nitrogens is 1. The predicted molar refractivity (Wildman–Crippen MR) is 66.0 cm³/mol. The number of aromatic amines is 1. The molecule has 0 saturated heterocycles. The minimum Gasteiger partial charge on any atom is -0.411 e. The van der Waals surface area contributed by atoms with Gasteiger partial charge in [0.2, 0.25) is 0 Å². The molecule has 0 saturated carbocycles. The van der Waals surface area contributed by atoms with Gasteiger partial charge >= 0.3 is 0 Å². The molecule has 0 bridgehead atoms. The van der Waals surface area contributed by atoms with Gasteiger partial charge < -0.3 is 14.9 Å². The van der Waals surface area contributed by atoms with Gasteiger partial charge in [-0.25, -0.2) is 0 Å². The normalized spacial score (nSPS) is 11.8. The highest BCUT2D eigenvalue weighted by atomic mass is 16.5. The number of hydrogen-bond donors (Lipinski definition) is 2. The van der Waals surface area contributed by atoms with Crippen LogP contribution >= 0.6 is 0 Å². The molecule has 0 aromatic carbocycles. The number of nitrogens with zero attached hydrogens (tertiary/aromatic N) is 1. The Bertz CT molecular complexity index is 463. The molecule has 94 valence electrons. The van der Waals surface area contributed by atoms with Crippen LogP contribution in [-0.2, 0) is 11.2 Å². The van der Waals surface area contributed by atoms with E-state index in [2.05, 4.69) is 10.1 Å². The summed E-state index contributed by atoms with van der Waals surface area (Å²) in [4.78, 5) is 14.4. The van der Waals surface area contributed by atoms with Gasteiger partial charge in [-0.2, -0.15) is 0 Å². The third-order valence-electron chi connectivity index (χ3n) is 2.68. The van der Waals surface area contributed by atoms with Gasteiger partial charge in [0.05, 0.1) is 11.3 Å². The number of aryl methyl sites for hydroxylation is 2. The summed E-state index contributed by atoms with van der Waals surface area (Å²) in [6.45, 7) is 4.14. The number of H-pyrrole nitrogens is 1. The second kappa shape index (κ2) is 6.20. The first kappa shape index (κ1) is 13.4. The van der Waals surface area contributed by atoms with Gasteiger partial charge in [0.15, 0.2) is 0 Å². The molecule has 1 aromatic rings. The monoisotopic (exact) mass is 238 g/mol. The van der Waals surface area contributed by atoms with Crippen LogP contribution in [0.5, 0.6) is 0 Å². The van der Waals surface area contributed by atoms with E-state index in [1.54, 1.807) is 20.1 Å². The number of pyridine rings is 1. The van der Waals surface area contributed by atoms with Crippen molar-refractivity contribution < 1.29 is 9.94 Å². The van der Waals surface area contributed by atoms with Gasteiger partial charge in [-0.05, 0) is 38.3 Å². The maximum absolute atomic E-state index is 11.7. The van der Waals surface area contributed by atoms with Gasteiger partial charge in [0.25, 0.3) is 5.56 Å². The van der Waals surface area contributed by atoms with Crippen molar-refractivity contribution in [2.24, 2.45) is 5.16 Å². The van der Waals surface area contributed by atoms with E-state index in [4.69, 9.17) is 9.94 Å². The Morgan fingerprint density at radius 2 is 2.29 bits per heavy atom. The van der Waals surface area contributed by atoms with Crippen molar-refractivity contribution in [3.05, 3.63) is 33.2 Å². The molecular weight excluding hydrogens is 220 g/mol. The van der Waals surface area contributed by atoms with E-state index in [-0.39, 0.29) is 5.56 Å². The summed E-state index contributed by atoms with van der Waals surface area (Å²) >= 11 is 0. The second-order valence-corrected chi connectivity index (χ2v) is 3.94. The summed E-state index contributed by atoms with van der Waals surface area (Å²) < 4.78 is 4.99. The van der Waals surface area contributed by atoms with Crippen molar-refractivity contribution in [2.75, 3.05) is 13.7 Å². The number of nitrogens with one attached hydrogen (secondary N) is 1. The molecule has 0 radical (unpaired) electrons. The largest absolute Gasteiger partial charge is 0.411 e. The first-order chi connectivity index (χ1) is 8.10. The Morgan fingerprint density at radius 3 is 2.88 bits per heavy atom. The summed E-state index contributed by atoms with van der Waals surface area (Å²) in [7, 11) is 1.66. The average molecular weight is 238 g/mol.